The summed E-state index contributed by atoms with van der Waals surface area (Å²) in [6, 6.07) is 5.16. The molecule has 3 aliphatic rings. The normalized spacial score (nSPS) is 26.5. The van der Waals surface area contributed by atoms with Gasteiger partial charge in [0.1, 0.15) is 17.2 Å². The van der Waals surface area contributed by atoms with Crippen LogP contribution in [0.1, 0.15) is 53.6 Å². The van der Waals surface area contributed by atoms with Crippen molar-refractivity contribution in [3.05, 3.63) is 46.9 Å². The first kappa shape index (κ1) is 21.1. The lowest BCUT2D eigenvalue weighted by molar-refractivity contribution is 0.0867. The fraction of sp³-hybridized carbons (Fsp3) is 0.542. The monoisotopic (exact) mass is 439 g/mol. The highest BCUT2D eigenvalue weighted by Gasteiger charge is 2.46. The minimum Gasteiger partial charge on any atom is -0.393 e. The van der Waals surface area contributed by atoms with Crippen molar-refractivity contribution in [1.82, 2.24) is 15.3 Å². The molecule has 2 saturated carbocycles. The van der Waals surface area contributed by atoms with Crippen molar-refractivity contribution in [3.63, 3.8) is 0 Å². The smallest absolute Gasteiger partial charge is 0.256 e. The summed E-state index contributed by atoms with van der Waals surface area (Å²) in [7, 11) is 0. The van der Waals surface area contributed by atoms with Gasteiger partial charge in [-0.05, 0) is 68.1 Å². The summed E-state index contributed by atoms with van der Waals surface area (Å²) in [5, 5.41) is 16.0. The fourth-order valence-corrected chi connectivity index (χ4v) is 4.80. The van der Waals surface area contributed by atoms with Gasteiger partial charge in [-0.3, -0.25) is 4.79 Å². The first-order valence-electron chi connectivity index (χ1n) is 11.6. The van der Waals surface area contributed by atoms with Crippen LogP contribution in [0.5, 0.6) is 0 Å². The van der Waals surface area contributed by atoms with E-state index in [2.05, 4.69) is 20.5 Å². The number of carbonyl (C=O) groups excluding carboxylic acids is 1. The highest BCUT2D eigenvalue weighted by Crippen LogP contribution is 2.45. The summed E-state index contributed by atoms with van der Waals surface area (Å²) in [5.74, 6) is 2.11. The molecule has 2 unspecified atom stereocenters. The Balaban J connectivity index is 1.34. The molecule has 2 aromatic rings. The molecule has 0 bridgehead atoms. The highest BCUT2D eigenvalue weighted by molar-refractivity contribution is 5.98. The predicted molar refractivity (Wildman–Crippen MR) is 120 cm³/mol. The van der Waals surface area contributed by atoms with Gasteiger partial charge in [-0.2, -0.15) is 4.98 Å². The molecule has 7 nitrogen and oxygen atoms in total. The number of aryl methyl sites for hydroxylation is 1. The number of amides is 1. The maximum Gasteiger partial charge on any atom is 0.256 e. The van der Waals surface area contributed by atoms with Crippen molar-refractivity contribution < 1.29 is 14.3 Å². The summed E-state index contributed by atoms with van der Waals surface area (Å²) in [4.78, 5) is 24.4. The molecule has 32 heavy (non-hydrogen) atoms. The lowest BCUT2D eigenvalue weighted by Crippen LogP contribution is -2.39. The van der Waals surface area contributed by atoms with Gasteiger partial charge in [0, 0.05) is 31.9 Å². The lowest BCUT2D eigenvalue weighted by atomic mass is 9.93. The van der Waals surface area contributed by atoms with Crippen LogP contribution in [-0.2, 0) is 6.54 Å². The first-order chi connectivity index (χ1) is 15.5. The molecule has 170 valence electrons. The molecule has 1 saturated heterocycles. The van der Waals surface area contributed by atoms with Crippen LogP contribution in [0.25, 0.3) is 0 Å². The Hall–Kier alpha value is -2.74. The Morgan fingerprint density at radius 3 is 2.69 bits per heavy atom. The Kier molecular flexibility index (Phi) is 5.71. The van der Waals surface area contributed by atoms with Gasteiger partial charge in [0.2, 0.25) is 5.95 Å². The van der Waals surface area contributed by atoms with Gasteiger partial charge in [0.15, 0.2) is 0 Å². The maximum atomic E-state index is 14.0. The quantitative estimate of drug-likeness (QED) is 0.641. The average Bonchev–Trinajstić information content (AvgIpc) is 3.40. The summed E-state index contributed by atoms with van der Waals surface area (Å²) >= 11 is 0. The van der Waals surface area contributed by atoms with E-state index < -0.39 is 0 Å². The van der Waals surface area contributed by atoms with Crippen molar-refractivity contribution in [2.45, 2.75) is 57.7 Å². The largest absolute Gasteiger partial charge is 0.393 e. The third kappa shape index (κ3) is 4.55. The van der Waals surface area contributed by atoms with Gasteiger partial charge in [0.25, 0.3) is 5.91 Å². The fourth-order valence-electron chi connectivity index (χ4n) is 4.80. The van der Waals surface area contributed by atoms with Crippen LogP contribution in [0, 0.1) is 24.6 Å². The molecular weight excluding hydrogens is 409 g/mol. The number of benzene rings is 1. The molecule has 5 rings (SSSR count). The van der Waals surface area contributed by atoms with E-state index in [1.54, 1.807) is 19.2 Å². The van der Waals surface area contributed by atoms with Crippen LogP contribution in [0.15, 0.2) is 24.4 Å². The third-order valence-corrected chi connectivity index (χ3v) is 7.01. The second-order valence-electron chi connectivity index (χ2n) is 9.51. The molecule has 1 aromatic heterocycles. The zero-order valence-corrected chi connectivity index (χ0v) is 18.4. The van der Waals surface area contributed by atoms with E-state index in [-0.39, 0.29) is 23.9 Å². The SMILES string of the molecule is Cc1ccc(CNc2nc(N3CC4CC4C3)ncc2C(=O)NC2CCC(O)CC2)cc1F. The van der Waals surface area contributed by atoms with Crippen molar-refractivity contribution in [2.24, 2.45) is 11.8 Å². The molecule has 2 aliphatic carbocycles. The number of nitrogens with zero attached hydrogens (tertiary/aromatic N) is 3. The van der Waals surface area contributed by atoms with Crippen molar-refractivity contribution in [3.8, 4) is 0 Å². The number of fused-ring (bicyclic) bond motifs is 1. The molecule has 0 spiro atoms. The number of piperidine rings is 1. The second kappa shape index (κ2) is 8.65. The van der Waals surface area contributed by atoms with Crippen molar-refractivity contribution >= 4 is 17.7 Å². The van der Waals surface area contributed by atoms with Gasteiger partial charge < -0.3 is 20.6 Å². The summed E-state index contributed by atoms with van der Waals surface area (Å²) in [6.45, 7) is 4.01. The number of aliphatic hydroxyl groups excluding tert-OH is 1. The van der Waals surface area contributed by atoms with Gasteiger partial charge >= 0.3 is 0 Å². The number of hydrogen-bond acceptors (Lipinski definition) is 6. The Bertz CT molecular complexity index is 998. The molecule has 2 heterocycles. The molecule has 0 radical (unpaired) electrons. The molecule has 3 N–H and O–H groups in total. The Morgan fingerprint density at radius 2 is 1.97 bits per heavy atom. The molecule has 3 fully saturated rings. The number of nitrogens with one attached hydrogen (secondary N) is 2. The zero-order valence-electron chi connectivity index (χ0n) is 18.4. The standard InChI is InChI=1S/C24H30FN5O2/c1-14-2-3-15(8-21(14)25)10-26-22-20(23(32)28-18-4-6-19(31)7-5-18)11-27-24(29-22)30-12-16-9-17(16)13-30/h2-3,8,11,16-19,31H,4-7,9-10,12-13H2,1H3,(H,28,32)(H,26,27,29). The Labute approximate surface area is 187 Å². The maximum absolute atomic E-state index is 14.0. The number of carbonyl (C=O) groups is 1. The molecule has 1 aliphatic heterocycles. The van der Waals surface area contributed by atoms with E-state index in [0.29, 0.717) is 42.3 Å². The van der Waals surface area contributed by atoms with Crippen LogP contribution < -0.4 is 15.5 Å². The van der Waals surface area contributed by atoms with Gasteiger partial charge in [0.05, 0.1) is 6.10 Å². The van der Waals surface area contributed by atoms with E-state index >= 15 is 0 Å². The third-order valence-electron chi connectivity index (χ3n) is 7.01. The minimum atomic E-state index is -0.274. The van der Waals surface area contributed by atoms with E-state index in [9.17, 15) is 14.3 Å². The summed E-state index contributed by atoms with van der Waals surface area (Å²) in [6.07, 6.45) is 5.52. The lowest BCUT2D eigenvalue weighted by Gasteiger charge is -2.26. The second-order valence-corrected chi connectivity index (χ2v) is 9.51. The van der Waals surface area contributed by atoms with E-state index in [4.69, 9.17) is 4.98 Å². The number of anilines is 2. The predicted octanol–water partition coefficient (Wildman–Crippen LogP) is 3.03. The van der Waals surface area contributed by atoms with Crippen molar-refractivity contribution in [2.75, 3.05) is 23.3 Å². The Morgan fingerprint density at radius 1 is 1.22 bits per heavy atom. The van der Waals surface area contributed by atoms with E-state index in [0.717, 1.165) is 43.3 Å². The van der Waals surface area contributed by atoms with Crippen LogP contribution in [0.3, 0.4) is 0 Å². The molecule has 2 atom stereocenters. The summed E-state index contributed by atoms with van der Waals surface area (Å²) < 4.78 is 14.0. The van der Waals surface area contributed by atoms with Crippen molar-refractivity contribution in [1.29, 1.82) is 0 Å². The number of aliphatic hydroxyl groups is 1. The number of aromatic nitrogens is 2. The zero-order chi connectivity index (χ0) is 22.2. The average molecular weight is 440 g/mol. The van der Waals surface area contributed by atoms with Gasteiger partial charge in [-0.1, -0.05) is 12.1 Å². The first-order valence-corrected chi connectivity index (χ1v) is 11.6. The summed E-state index contributed by atoms with van der Waals surface area (Å²) in [5.41, 5.74) is 1.77. The van der Waals surface area contributed by atoms with E-state index in [1.165, 1.54) is 12.5 Å². The minimum absolute atomic E-state index is 0.0373. The number of halogens is 1. The van der Waals surface area contributed by atoms with Crippen LogP contribution in [0.2, 0.25) is 0 Å². The van der Waals surface area contributed by atoms with Crippen LogP contribution in [-0.4, -0.2) is 46.2 Å². The van der Waals surface area contributed by atoms with E-state index in [1.807, 2.05) is 6.07 Å². The van der Waals surface area contributed by atoms with Gasteiger partial charge in [-0.25, -0.2) is 9.37 Å². The molecular formula is C24H30FN5O2. The molecule has 1 amide bonds. The van der Waals surface area contributed by atoms with Crippen LogP contribution >= 0.6 is 0 Å². The highest BCUT2D eigenvalue weighted by atomic mass is 19.1. The topological polar surface area (TPSA) is 90.4 Å². The number of rotatable bonds is 6. The molecule has 1 aromatic carbocycles. The van der Waals surface area contributed by atoms with Gasteiger partial charge in [-0.15, -0.1) is 0 Å². The van der Waals surface area contributed by atoms with Crippen LogP contribution in [0.4, 0.5) is 16.2 Å². The number of hydrogen-bond donors (Lipinski definition) is 3. The molecule has 8 heteroatoms.